The molecule has 2 aromatic rings. The fourth-order valence-electron chi connectivity index (χ4n) is 1.31. The van der Waals surface area contributed by atoms with Crippen LogP contribution in [0, 0.1) is 0 Å². The number of aromatic nitrogens is 4. The third-order valence-electron chi connectivity index (χ3n) is 1.95. The van der Waals surface area contributed by atoms with E-state index in [1.165, 1.54) is 18.1 Å². The molecule has 0 saturated carbocycles. The summed E-state index contributed by atoms with van der Waals surface area (Å²) >= 11 is 1.45. The Morgan fingerprint density at radius 3 is 2.88 bits per heavy atom. The van der Waals surface area contributed by atoms with Crippen LogP contribution in [0.2, 0.25) is 0 Å². The number of rotatable bonds is 4. The molecular weight excluding hydrogens is 222 g/mol. The van der Waals surface area contributed by atoms with Crippen molar-refractivity contribution in [2.24, 2.45) is 5.73 Å². The van der Waals surface area contributed by atoms with Crippen molar-refractivity contribution in [2.45, 2.75) is 29.6 Å². The Morgan fingerprint density at radius 2 is 2.31 bits per heavy atom. The zero-order chi connectivity index (χ0) is 11.4. The van der Waals surface area contributed by atoms with Crippen LogP contribution in [-0.2, 0) is 6.42 Å². The second-order valence-corrected chi connectivity index (χ2v) is 4.59. The highest BCUT2D eigenvalue weighted by molar-refractivity contribution is 7.99. The SMILES string of the molecule is CC(N)Cc1ccc(Sc2ncn[nH]2)nc1. The lowest BCUT2D eigenvalue weighted by atomic mass is 10.1. The summed E-state index contributed by atoms with van der Waals surface area (Å²) in [5.41, 5.74) is 6.87. The van der Waals surface area contributed by atoms with Crippen molar-refractivity contribution in [2.75, 3.05) is 0 Å². The first-order chi connectivity index (χ1) is 7.74. The van der Waals surface area contributed by atoms with Gasteiger partial charge in [-0.05, 0) is 36.7 Å². The molecule has 0 bridgehead atoms. The van der Waals surface area contributed by atoms with E-state index in [9.17, 15) is 0 Å². The van der Waals surface area contributed by atoms with Crippen LogP contribution >= 0.6 is 11.8 Å². The minimum atomic E-state index is 0.162. The highest BCUT2D eigenvalue weighted by Gasteiger charge is 2.02. The maximum absolute atomic E-state index is 5.72. The van der Waals surface area contributed by atoms with Crippen LogP contribution in [0.25, 0.3) is 0 Å². The minimum absolute atomic E-state index is 0.162. The van der Waals surface area contributed by atoms with Gasteiger partial charge in [-0.1, -0.05) is 6.07 Å². The zero-order valence-corrected chi connectivity index (χ0v) is 9.74. The molecule has 0 spiro atoms. The lowest BCUT2D eigenvalue weighted by Gasteiger charge is -2.04. The first-order valence-electron chi connectivity index (χ1n) is 4.98. The highest BCUT2D eigenvalue weighted by atomic mass is 32.2. The van der Waals surface area contributed by atoms with Gasteiger partial charge < -0.3 is 5.73 Å². The maximum Gasteiger partial charge on any atom is 0.189 e. The van der Waals surface area contributed by atoms with Gasteiger partial charge >= 0.3 is 0 Å². The lowest BCUT2D eigenvalue weighted by molar-refractivity contribution is 0.734. The van der Waals surface area contributed by atoms with Crippen LogP contribution in [0.4, 0.5) is 0 Å². The fourth-order valence-corrected chi connectivity index (χ4v) is 1.94. The Balaban J connectivity index is 2.02. The Labute approximate surface area is 97.9 Å². The number of aromatic amines is 1. The summed E-state index contributed by atoms with van der Waals surface area (Å²) in [5.74, 6) is 0. The molecule has 2 rings (SSSR count). The maximum atomic E-state index is 5.72. The van der Waals surface area contributed by atoms with Crippen LogP contribution < -0.4 is 5.73 Å². The van der Waals surface area contributed by atoms with E-state index in [1.54, 1.807) is 0 Å². The second kappa shape index (κ2) is 5.09. The van der Waals surface area contributed by atoms with Gasteiger partial charge in [0, 0.05) is 12.2 Å². The van der Waals surface area contributed by atoms with Gasteiger partial charge in [0.25, 0.3) is 0 Å². The zero-order valence-electron chi connectivity index (χ0n) is 8.92. The molecule has 0 aliphatic rings. The number of hydrogen-bond donors (Lipinski definition) is 2. The van der Waals surface area contributed by atoms with Crippen LogP contribution in [-0.4, -0.2) is 26.2 Å². The number of pyridine rings is 1. The van der Waals surface area contributed by atoms with Crippen LogP contribution in [0.3, 0.4) is 0 Å². The molecule has 0 aromatic carbocycles. The van der Waals surface area contributed by atoms with Crippen LogP contribution in [0.5, 0.6) is 0 Å². The quantitative estimate of drug-likeness (QED) is 0.833. The van der Waals surface area contributed by atoms with Crippen LogP contribution in [0.1, 0.15) is 12.5 Å². The average Bonchev–Trinajstić information content (AvgIpc) is 2.73. The lowest BCUT2D eigenvalue weighted by Crippen LogP contribution is -2.17. The molecule has 1 atom stereocenters. The molecule has 0 saturated heterocycles. The first-order valence-corrected chi connectivity index (χ1v) is 5.79. The van der Waals surface area contributed by atoms with E-state index < -0.39 is 0 Å². The number of hydrogen-bond acceptors (Lipinski definition) is 5. The van der Waals surface area contributed by atoms with Gasteiger partial charge in [0.15, 0.2) is 5.16 Å². The number of H-pyrrole nitrogens is 1. The molecule has 2 aromatic heterocycles. The van der Waals surface area contributed by atoms with Crippen molar-refractivity contribution < 1.29 is 0 Å². The van der Waals surface area contributed by atoms with E-state index in [0.717, 1.165) is 22.2 Å². The summed E-state index contributed by atoms with van der Waals surface area (Å²) in [5, 5.41) is 8.18. The molecular formula is C10H13N5S. The Bertz CT molecular complexity index is 423. The van der Waals surface area contributed by atoms with Gasteiger partial charge in [-0.3, -0.25) is 5.10 Å². The van der Waals surface area contributed by atoms with Crippen molar-refractivity contribution in [1.82, 2.24) is 20.2 Å². The Hall–Kier alpha value is -1.40. The summed E-state index contributed by atoms with van der Waals surface area (Å²) < 4.78 is 0. The number of nitrogens with zero attached hydrogens (tertiary/aromatic N) is 3. The number of nitrogens with two attached hydrogens (primary N) is 1. The van der Waals surface area contributed by atoms with E-state index in [4.69, 9.17) is 5.73 Å². The topological polar surface area (TPSA) is 80.5 Å². The molecule has 0 fully saturated rings. The van der Waals surface area contributed by atoms with E-state index in [-0.39, 0.29) is 6.04 Å². The molecule has 16 heavy (non-hydrogen) atoms. The van der Waals surface area contributed by atoms with Crippen molar-refractivity contribution in [1.29, 1.82) is 0 Å². The van der Waals surface area contributed by atoms with Crippen molar-refractivity contribution in [3.8, 4) is 0 Å². The Morgan fingerprint density at radius 1 is 1.44 bits per heavy atom. The van der Waals surface area contributed by atoms with Gasteiger partial charge in [0.1, 0.15) is 11.4 Å². The highest BCUT2D eigenvalue weighted by Crippen LogP contribution is 2.21. The number of nitrogens with one attached hydrogen (secondary N) is 1. The average molecular weight is 235 g/mol. The van der Waals surface area contributed by atoms with E-state index in [1.807, 2.05) is 25.3 Å². The fraction of sp³-hybridized carbons (Fsp3) is 0.300. The van der Waals surface area contributed by atoms with E-state index in [2.05, 4.69) is 20.2 Å². The van der Waals surface area contributed by atoms with E-state index >= 15 is 0 Å². The second-order valence-electron chi connectivity index (χ2n) is 3.58. The third-order valence-corrected chi connectivity index (χ3v) is 2.79. The molecule has 0 amide bonds. The molecule has 6 heteroatoms. The summed E-state index contributed by atoms with van der Waals surface area (Å²) in [4.78, 5) is 8.34. The minimum Gasteiger partial charge on any atom is -0.328 e. The van der Waals surface area contributed by atoms with Gasteiger partial charge in [0.2, 0.25) is 0 Å². The first kappa shape index (κ1) is 11.1. The third kappa shape index (κ3) is 3.04. The standard InChI is InChI=1S/C10H13N5S/c1-7(11)4-8-2-3-9(12-5-8)16-10-13-6-14-15-10/h2-3,5-7H,4,11H2,1H3,(H,13,14,15). The molecule has 2 heterocycles. The molecule has 3 N–H and O–H groups in total. The summed E-state index contributed by atoms with van der Waals surface area (Å²) in [6, 6.07) is 4.16. The predicted octanol–water partition coefficient (Wildman–Crippen LogP) is 1.24. The molecule has 0 aliphatic carbocycles. The molecule has 0 aliphatic heterocycles. The van der Waals surface area contributed by atoms with Crippen molar-refractivity contribution in [3.05, 3.63) is 30.2 Å². The van der Waals surface area contributed by atoms with Crippen LogP contribution in [0.15, 0.2) is 34.8 Å². The summed E-state index contributed by atoms with van der Waals surface area (Å²) in [6.07, 6.45) is 4.18. The largest absolute Gasteiger partial charge is 0.328 e. The molecule has 1 unspecified atom stereocenters. The van der Waals surface area contributed by atoms with Gasteiger partial charge in [0.05, 0.1) is 0 Å². The van der Waals surface area contributed by atoms with Gasteiger partial charge in [-0.2, -0.15) is 5.10 Å². The predicted molar refractivity (Wildman–Crippen MR) is 62.1 cm³/mol. The van der Waals surface area contributed by atoms with Gasteiger partial charge in [-0.15, -0.1) is 0 Å². The molecule has 5 nitrogen and oxygen atoms in total. The molecule has 0 radical (unpaired) electrons. The normalized spacial score (nSPS) is 12.6. The van der Waals surface area contributed by atoms with Crippen molar-refractivity contribution >= 4 is 11.8 Å². The summed E-state index contributed by atoms with van der Waals surface area (Å²) in [6.45, 7) is 1.98. The van der Waals surface area contributed by atoms with Gasteiger partial charge in [-0.25, -0.2) is 9.97 Å². The monoisotopic (exact) mass is 235 g/mol. The van der Waals surface area contributed by atoms with E-state index in [0.29, 0.717) is 0 Å². The smallest absolute Gasteiger partial charge is 0.189 e. The summed E-state index contributed by atoms with van der Waals surface area (Å²) in [7, 11) is 0. The molecule has 84 valence electrons. The Kier molecular flexibility index (Phi) is 3.53. The van der Waals surface area contributed by atoms with Crippen molar-refractivity contribution in [3.63, 3.8) is 0 Å².